The molecule has 0 aromatic heterocycles. The molecule has 3 N–H and O–H groups in total. The first-order chi connectivity index (χ1) is 4.34. The minimum atomic E-state index is -0.719. The minimum absolute atomic E-state index is 0. The van der Waals surface area contributed by atoms with Gasteiger partial charge in [-0.25, -0.2) is 4.39 Å². The van der Waals surface area contributed by atoms with Crippen LogP contribution in [0.5, 0.6) is 0 Å². The topological polar surface area (TPSA) is 38.0 Å². The van der Waals surface area contributed by atoms with E-state index >= 15 is 0 Å². The van der Waals surface area contributed by atoms with Crippen molar-refractivity contribution in [1.29, 1.82) is 0 Å². The van der Waals surface area contributed by atoms with Crippen LogP contribution in [0.1, 0.15) is 25.7 Å². The first-order valence-electron chi connectivity index (χ1n) is 3.45. The van der Waals surface area contributed by atoms with E-state index in [1.165, 1.54) is 0 Å². The number of nitrogens with two attached hydrogens (primary N) is 1. The third kappa shape index (κ3) is 2.40. The second-order valence-electron chi connectivity index (χ2n) is 2.57. The normalized spacial score (nSPS) is 33.0. The third-order valence-corrected chi connectivity index (χ3v) is 1.90. The Hall–Kier alpha value is 0.140. The van der Waals surface area contributed by atoms with Gasteiger partial charge in [0.05, 0.1) is 6.04 Å². The zero-order valence-electron chi connectivity index (χ0n) is 5.85. The zero-order chi connectivity index (χ0) is 6.69. The number of hydrazine groups is 1. The molecule has 1 aliphatic rings. The molecule has 4 heteroatoms. The molecule has 0 heterocycles. The highest BCUT2D eigenvalue weighted by molar-refractivity contribution is 5.85. The molecule has 0 amide bonds. The highest BCUT2D eigenvalue weighted by Crippen LogP contribution is 2.20. The first-order valence-corrected chi connectivity index (χ1v) is 3.45. The van der Waals surface area contributed by atoms with E-state index in [9.17, 15) is 4.39 Å². The number of alkyl halides is 1. The second-order valence-corrected chi connectivity index (χ2v) is 2.57. The SMILES string of the molecule is Cl.NN[C@@H]1CCCC[C@@H]1F. The van der Waals surface area contributed by atoms with Crippen LogP contribution in [0.3, 0.4) is 0 Å². The van der Waals surface area contributed by atoms with Gasteiger partial charge in [-0.1, -0.05) is 12.8 Å². The summed E-state index contributed by atoms with van der Waals surface area (Å²) in [5.74, 6) is 5.10. The Labute approximate surface area is 66.7 Å². The van der Waals surface area contributed by atoms with Gasteiger partial charge in [-0.05, 0) is 12.8 Å². The van der Waals surface area contributed by atoms with E-state index in [0.29, 0.717) is 6.42 Å². The molecule has 1 saturated carbocycles. The standard InChI is InChI=1S/C6H13FN2.ClH/c7-5-3-1-2-4-6(5)9-8;/h5-6,9H,1-4,8H2;1H/t5-,6+;/m0./s1. The maximum Gasteiger partial charge on any atom is 0.117 e. The van der Waals surface area contributed by atoms with E-state index in [-0.39, 0.29) is 18.4 Å². The summed E-state index contributed by atoms with van der Waals surface area (Å²) < 4.78 is 12.7. The fourth-order valence-electron chi connectivity index (χ4n) is 1.27. The maximum absolute atomic E-state index is 12.7. The number of hydrogen-bond acceptors (Lipinski definition) is 2. The molecular formula is C6H14ClFN2. The van der Waals surface area contributed by atoms with Crippen molar-refractivity contribution in [3.8, 4) is 0 Å². The van der Waals surface area contributed by atoms with Crippen molar-refractivity contribution >= 4 is 12.4 Å². The molecular weight excluding hydrogens is 155 g/mol. The van der Waals surface area contributed by atoms with Gasteiger partial charge in [-0.15, -0.1) is 12.4 Å². The molecule has 0 aliphatic heterocycles. The molecule has 2 atom stereocenters. The van der Waals surface area contributed by atoms with Crippen LogP contribution in [0, 0.1) is 0 Å². The molecule has 1 fully saturated rings. The summed E-state index contributed by atoms with van der Waals surface area (Å²) in [6, 6.07) is -0.0845. The Morgan fingerprint density at radius 3 is 2.30 bits per heavy atom. The third-order valence-electron chi connectivity index (χ3n) is 1.90. The van der Waals surface area contributed by atoms with E-state index < -0.39 is 6.17 Å². The molecule has 0 spiro atoms. The van der Waals surface area contributed by atoms with E-state index in [0.717, 1.165) is 19.3 Å². The van der Waals surface area contributed by atoms with Crippen LogP contribution in [0.2, 0.25) is 0 Å². The second kappa shape index (κ2) is 4.88. The van der Waals surface area contributed by atoms with Crippen LogP contribution in [0.15, 0.2) is 0 Å². The summed E-state index contributed by atoms with van der Waals surface area (Å²) in [5, 5.41) is 0. The van der Waals surface area contributed by atoms with Gasteiger partial charge in [0.2, 0.25) is 0 Å². The summed E-state index contributed by atoms with van der Waals surface area (Å²) in [4.78, 5) is 0. The van der Waals surface area contributed by atoms with Gasteiger partial charge in [0.15, 0.2) is 0 Å². The molecule has 0 aromatic rings. The first kappa shape index (κ1) is 10.1. The van der Waals surface area contributed by atoms with Crippen LogP contribution < -0.4 is 11.3 Å². The lowest BCUT2D eigenvalue weighted by molar-refractivity contribution is 0.190. The number of rotatable bonds is 1. The van der Waals surface area contributed by atoms with Crippen molar-refractivity contribution in [2.75, 3.05) is 0 Å². The number of nitrogens with one attached hydrogen (secondary N) is 1. The van der Waals surface area contributed by atoms with Crippen molar-refractivity contribution in [2.45, 2.75) is 37.9 Å². The van der Waals surface area contributed by atoms with Crippen molar-refractivity contribution in [2.24, 2.45) is 5.84 Å². The van der Waals surface area contributed by atoms with Crippen molar-refractivity contribution in [3.05, 3.63) is 0 Å². The maximum atomic E-state index is 12.7. The van der Waals surface area contributed by atoms with Crippen molar-refractivity contribution in [1.82, 2.24) is 5.43 Å². The number of hydrogen-bond donors (Lipinski definition) is 2. The average molecular weight is 169 g/mol. The molecule has 1 aliphatic carbocycles. The number of halogens is 2. The Balaban J connectivity index is 0.000000810. The van der Waals surface area contributed by atoms with Crippen molar-refractivity contribution < 1.29 is 4.39 Å². The molecule has 10 heavy (non-hydrogen) atoms. The summed E-state index contributed by atoms with van der Waals surface area (Å²) in [5.41, 5.74) is 2.48. The Morgan fingerprint density at radius 1 is 1.30 bits per heavy atom. The van der Waals surface area contributed by atoms with Gasteiger partial charge >= 0.3 is 0 Å². The lowest BCUT2D eigenvalue weighted by Crippen LogP contribution is -2.43. The highest BCUT2D eigenvalue weighted by atomic mass is 35.5. The molecule has 1 rings (SSSR count). The molecule has 0 bridgehead atoms. The lowest BCUT2D eigenvalue weighted by atomic mass is 9.94. The van der Waals surface area contributed by atoms with Crippen LogP contribution >= 0.6 is 12.4 Å². The van der Waals surface area contributed by atoms with Gasteiger partial charge in [-0.3, -0.25) is 11.3 Å². The molecule has 0 aromatic carbocycles. The molecule has 2 nitrogen and oxygen atoms in total. The van der Waals surface area contributed by atoms with Gasteiger partial charge in [0, 0.05) is 0 Å². The Kier molecular flexibility index (Phi) is 4.95. The fraction of sp³-hybridized carbons (Fsp3) is 1.00. The lowest BCUT2D eigenvalue weighted by Gasteiger charge is -2.24. The smallest absolute Gasteiger partial charge is 0.117 e. The fourth-order valence-corrected chi connectivity index (χ4v) is 1.27. The molecule has 0 unspecified atom stereocenters. The van der Waals surface area contributed by atoms with Crippen molar-refractivity contribution in [3.63, 3.8) is 0 Å². The van der Waals surface area contributed by atoms with Gasteiger partial charge in [0.1, 0.15) is 6.17 Å². The average Bonchev–Trinajstić information content (AvgIpc) is 1.89. The van der Waals surface area contributed by atoms with Crippen LogP contribution in [0.4, 0.5) is 4.39 Å². The summed E-state index contributed by atoms with van der Waals surface area (Å²) in [6.07, 6.45) is 2.96. The molecule has 0 saturated heterocycles. The van der Waals surface area contributed by atoms with E-state index in [1.54, 1.807) is 0 Å². The molecule has 62 valence electrons. The van der Waals surface area contributed by atoms with E-state index in [2.05, 4.69) is 5.43 Å². The van der Waals surface area contributed by atoms with Gasteiger partial charge in [-0.2, -0.15) is 0 Å². The van der Waals surface area contributed by atoms with E-state index in [1.807, 2.05) is 0 Å². The van der Waals surface area contributed by atoms with Gasteiger partial charge in [0.25, 0.3) is 0 Å². The summed E-state index contributed by atoms with van der Waals surface area (Å²) in [7, 11) is 0. The van der Waals surface area contributed by atoms with Gasteiger partial charge < -0.3 is 0 Å². The summed E-state index contributed by atoms with van der Waals surface area (Å²) in [6.45, 7) is 0. The Morgan fingerprint density at radius 2 is 1.90 bits per heavy atom. The van der Waals surface area contributed by atoms with Crippen LogP contribution in [-0.4, -0.2) is 12.2 Å². The monoisotopic (exact) mass is 168 g/mol. The van der Waals surface area contributed by atoms with E-state index in [4.69, 9.17) is 5.84 Å². The van der Waals surface area contributed by atoms with Crippen LogP contribution in [0.25, 0.3) is 0 Å². The summed E-state index contributed by atoms with van der Waals surface area (Å²) >= 11 is 0. The predicted molar refractivity (Wildman–Crippen MR) is 41.7 cm³/mol. The quantitative estimate of drug-likeness (QED) is 0.456. The predicted octanol–water partition coefficient (Wildman–Crippen LogP) is 1.15. The zero-order valence-corrected chi connectivity index (χ0v) is 6.66. The molecule has 0 radical (unpaired) electrons. The highest BCUT2D eigenvalue weighted by Gasteiger charge is 2.22. The minimum Gasteiger partial charge on any atom is -0.271 e. The van der Waals surface area contributed by atoms with Crippen LogP contribution in [-0.2, 0) is 0 Å². The largest absolute Gasteiger partial charge is 0.271 e. The Bertz CT molecular complexity index is 91.8.